The molecule has 2 aromatic rings. The van der Waals surface area contributed by atoms with Gasteiger partial charge >= 0.3 is 0 Å². The Morgan fingerprint density at radius 3 is 2.41 bits per heavy atom. The number of amides is 1. The number of aryl methyl sites for hydroxylation is 1. The molecule has 0 spiro atoms. The molecule has 1 aliphatic carbocycles. The zero-order valence-corrected chi connectivity index (χ0v) is 19.0. The number of nitrogens with one attached hydrogen (secondary N) is 1. The van der Waals surface area contributed by atoms with Crippen LogP contribution in [0.1, 0.15) is 47.2 Å². The summed E-state index contributed by atoms with van der Waals surface area (Å²) in [5.74, 6) is -0.303. The first-order valence-electron chi connectivity index (χ1n) is 9.81. The molecular formula is C22H28N2O3S2. The molecule has 0 saturated heterocycles. The van der Waals surface area contributed by atoms with E-state index in [1.54, 1.807) is 13.0 Å². The fourth-order valence-corrected chi connectivity index (χ4v) is 6.02. The quantitative estimate of drug-likeness (QED) is 0.709. The highest BCUT2D eigenvalue weighted by atomic mass is 32.2. The number of anilines is 1. The maximum absolute atomic E-state index is 13.0. The van der Waals surface area contributed by atoms with Crippen molar-refractivity contribution >= 4 is 33.4 Å². The number of rotatable bonds is 6. The first kappa shape index (κ1) is 21.9. The summed E-state index contributed by atoms with van der Waals surface area (Å²) in [7, 11) is -0.647. The fourth-order valence-electron chi connectivity index (χ4n) is 3.48. The van der Waals surface area contributed by atoms with Gasteiger partial charge in [-0.25, -0.2) is 12.7 Å². The smallest absolute Gasteiger partial charge is 0.255 e. The molecule has 3 rings (SSSR count). The van der Waals surface area contributed by atoms with Crippen LogP contribution in [0, 0.1) is 13.8 Å². The van der Waals surface area contributed by atoms with E-state index in [4.69, 9.17) is 0 Å². The Morgan fingerprint density at radius 1 is 1.10 bits per heavy atom. The van der Waals surface area contributed by atoms with Crippen molar-refractivity contribution < 1.29 is 13.2 Å². The average molecular weight is 433 g/mol. The molecule has 1 N–H and O–H groups in total. The van der Waals surface area contributed by atoms with E-state index < -0.39 is 10.0 Å². The third-order valence-corrected chi connectivity index (χ3v) is 8.73. The molecule has 0 unspecified atom stereocenters. The second-order valence-corrected chi connectivity index (χ2v) is 11.1. The van der Waals surface area contributed by atoms with Gasteiger partial charge in [0, 0.05) is 29.8 Å². The minimum atomic E-state index is -3.63. The maximum Gasteiger partial charge on any atom is 0.255 e. The number of hydrogen-bond donors (Lipinski definition) is 1. The van der Waals surface area contributed by atoms with Crippen LogP contribution in [0.4, 0.5) is 5.69 Å². The number of nitrogens with zero attached hydrogens (tertiary/aromatic N) is 1. The Labute approximate surface area is 177 Å². The normalized spacial score (nSPS) is 15.1. The monoisotopic (exact) mass is 432 g/mol. The van der Waals surface area contributed by atoms with Crippen LogP contribution in [0.25, 0.3) is 0 Å². The third-order valence-electron chi connectivity index (χ3n) is 5.37. The Balaban J connectivity index is 1.90. The lowest BCUT2D eigenvalue weighted by atomic mass is 10.1. The number of thioether (sulfide) groups is 1. The van der Waals surface area contributed by atoms with Crippen molar-refractivity contribution in [2.75, 3.05) is 19.4 Å². The van der Waals surface area contributed by atoms with Crippen LogP contribution in [0.5, 0.6) is 0 Å². The molecule has 1 amide bonds. The lowest BCUT2D eigenvalue weighted by Crippen LogP contribution is -2.24. The van der Waals surface area contributed by atoms with Gasteiger partial charge in [-0.1, -0.05) is 25.0 Å². The van der Waals surface area contributed by atoms with E-state index in [1.165, 1.54) is 50.2 Å². The second kappa shape index (κ2) is 8.90. The Bertz CT molecular complexity index is 1010. The Hall–Kier alpha value is -1.83. The van der Waals surface area contributed by atoms with E-state index in [0.29, 0.717) is 16.4 Å². The summed E-state index contributed by atoms with van der Waals surface area (Å²) in [6.45, 7) is 3.59. The van der Waals surface area contributed by atoms with Crippen molar-refractivity contribution in [3.8, 4) is 0 Å². The summed E-state index contributed by atoms with van der Waals surface area (Å²) in [5.41, 5.74) is 2.54. The number of hydrogen-bond acceptors (Lipinski definition) is 4. The van der Waals surface area contributed by atoms with Crippen molar-refractivity contribution in [3.05, 3.63) is 53.1 Å². The lowest BCUT2D eigenvalue weighted by Gasteiger charge is -2.17. The number of benzene rings is 2. The molecule has 0 heterocycles. The summed E-state index contributed by atoms with van der Waals surface area (Å²) in [5, 5.41) is 3.58. The highest BCUT2D eigenvalue weighted by Gasteiger charge is 2.23. The van der Waals surface area contributed by atoms with Crippen LogP contribution < -0.4 is 5.32 Å². The van der Waals surface area contributed by atoms with Gasteiger partial charge in [0.2, 0.25) is 10.0 Å². The minimum Gasteiger partial charge on any atom is -0.321 e. The standard InChI is InChI=1S/C22H28N2O3S2/c1-15-13-17(14-21(16(15)2)29(26,27)24(3)4)22(25)23-19-11-7-8-12-20(19)28-18-9-5-6-10-18/h7-8,11-14,18H,5-6,9-10H2,1-4H3,(H,23,25). The minimum absolute atomic E-state index is 0.168. The van der Waals surface area contributed by atoms with Crippen LogP contribution >= 0.6 is 11.8 Å². The van der Waals surface area contributed by atoms with Crippen molar-refractivity contribution in [2.24, 2.45) is 0 Å². The molecule has 7 heteroatoms. The van der Waals surface area contributed by atoms with Gasteiger partial charge in [-0.05, 0) is 62.1 Å². The third kappa shape index (κ3) is 4.85. The fraction of sp³-hybridized carbons (Fsp3) is 0.409. The van der Waals surface area contributed by atoms with Gasteiger partial charge in [0.25, 0.3) is 5.91 Å². The summed E-state index contributed by atoms with van der Waals surface area (Å²) in [6, 6.07) is 11.0. The summed E-state index contributed by atoms with van der Waals surface area (Å²) >= 11 is 1.81. The second-order valence-electron chi connectivity index (χ2n) is 7.68. The predicted molar refractivity (Wildman–Crippen MR) is 119 cm³/mol. The van der Waals surface area contributed by atoms with Gasteiger partial charge < -0.3 is 5.32 Å². The van der Waals surface area contributed by atoms with Crippen molar-refractivity contribution in [1.29, 1.82) is 0 Å². The number of carbonyl (C=O) groups excluding carboxylic acids is 1. The largest absolute Gasteiger partial charge is 0.321 e. The Morgan fingerprint density at radius 2 is 1.76 bits per heavy atom. The summed E-state index contributed by atoms with van der Waals surface area (Å²) in [4.78, 5) is 14.2. The van der Waals surface area contributed by atoms with Crippen molar-refractivity contribution in [3.63, 3.8) is 0 Å². The van der Waals surface area contributed by atoms with Gasteiger partial charge in [-0.3, -0.25) is 4.79 Å². The summed E-state index contributed by atoms with van der Waals surface area (Å²) in [6.07, 6.45) is 4.93. The van der Waals surface area contributed by atoms with Crippen molar-refractivity contribution in [2.45, 2.75) is 54.6 Å². The van der Waals surface area contributed by atoms with E-state index in [0.717, 1.165) is 16.1 Å². The molecule has 1 fully saturated rings. The van der Waals surface area contributed by atoms with E-state index in [-0.39, 0.29) is 10.8 Å². The SMILES string of the molecule is Cc1cc(C(=O)Nc2ccccc2SC2CCCC2)cc(S(=O)(=O)N(C)C)c1C. The van der Waals surface area contributed by atoms with E-state index in [2.05, 4.69) is 5.32 Å². The van der Waals surface area contributed by atoms with Gasteiger partial charge in [-0.2, -0.15) is 0 Å². The van der Waals surface area contributed by atoms with E-state index in [9.17, 15) is 13.2 Å². The molecule has 1 saturated carbocycles. The van der Waals surface area contributed by atoms with Crippen molar-refractivity contribution in [1.82, 2.24) is 4.31 Å². The molecule has 29 heavy (non-hydrogen) atoms. The molecule has 0 atom stereocenters. The van der Waals surface area contributed by atoms with Crippen LogP contribution in [-0.4, -0.2) is 38.0 Å². The highest BCUT2D eigenvalue weighted by Crippen LogP contribution is 2.38. The van der Waals surface area contributed by atoms with Crippen LogP contribution in [0.2, 0.25) is 0 Å². The van der Waals surface area contributed by atoms with Gasteiger partial charge in [0.05, 0.1) is 10.6 Å². The molecule has 2 aromatic carbocycles. The molecule has 156 valence electrons. The zero-order chi connectivity index (χ0) is 21.2. The van der Waals surface area contributed by atoms with Crippen LogP contribution in [0.15, 0.2) is 46.2 Å². The molecule has 0 aliphatic heterocycles. The highest BCUT2D eigenvalue weighted by molar-refractivity contribution is 8.00. The molecule has 5 nitrogen and oxygen atoms in total. The van der Waals surface area contributed by atoms with Gasteiger partial charge in [0.15, 0.2) is 0 Å². The average Bonchev–Trinajstić information content (AvgIpc) is 3.18. The Kier molecular flexibility index (Phi) is 6.71. The first-order chi connectivity index (χ1) is 13.7. The van der Waals surface area contributed by atoms with Crippen LogP contribution in [-0.2, 0) is 10.0 Å². The lowest BCUT2D eigenvalue weighted by molar-refractivity contribution is 0.102. The number of sulfonamides is 1. The molecular weight excluding hydrogens is 404 g/mol. The molecule has 0 aromatic heterocycles. The topological polar surface area (TPSA) is 66.5 Å². The van der Waals surface area contributed by atoms with Gasteiger partial charge in [-0.15, -0.1) is 11.8 Å². The predicted octanol–water partition coefficient (Wildman–Crippen LogP) is 4.84. The van der Waals surface area contributed by atoms with Gasteiger partial charge in [0.1, 0.15) is 0 Å². The molecule has 0 bridgehead atoms. The first-order valence-corrected chi connectivity index (χ1v) is 12.1. The maximum atomic E-state index is 13.0. The molecule has 1 aliphatic rings. The number of para-hydroxylation sites is 1. The van der Waals surface area contributed by atoms with E-state index in [1.807, 2.05) is 43.0 Å². The number of carbonyl (C=O) groups is 1. The summed E-state index contributed by atoms with van der Waals surface area (Å²) < 4.78 is 26.5. The van der Waals surface area contributed by atoms with E-state index >= 15 is 0 Å². The zero-order valence-electron chi connectivity index (χ0n) is 17.4. The molecule has 0 radical (unpaired) electrons. The van der Waals surface area contributed by atoms with Crippen LogP contribution in [0.3, 0.4) is 0 Å².